The van der Waals surface area contributed by atoms with Crippen molar-refractivity contribution < 1.29 is 14.7 Å². The number of carbonyl (C=O) groups excluding carboxylic acids is 1. The molecule has 1 heterocycles. The van der Waals surface area contributed by atoms with Crippen LogP contribution in [0.4, 0.5) is 4.79 Å². The van der Waals surface area contributed by atoms with Gasteiger partial charge in [0, 0.05) is 26.2 Å². The second-order valence-corrected chi connectivity index (χ2v) is 4.83. The third-order valence-corrected chi connectivity index (χ3v) is 3.51. The highest BCUT2D eigenvalue weighted by atomic mass is 16.4. The van der Waals surface area contributed by atoms with Crippen LogP contribution in [0.25, 0.3) is 0 Å². The summed E-state index contributed by atoms with van der Waals surface area (Å²) in [4.78, 5) is 24.5. The van der Waals surface area contributed by atoms with Gasteiger partial charge in [-0.25, -0.2) is 4.79 Å². The summed E-state index contributed by atoms with van der Waals surface area (Å²) >= 11 is 0. The number of aliphatic carboxylic acids is 1. The summed E-state index contributed by atoms with van der Waals surface area (Å²) in [7, 11) is 0. The number of amides is 2. The number of nitrogens with one attached hydrogen (secondary N) is 2. The van der Waals surface area contributed by atoms with Gasteiger partial charge < -0.3 is 20.6 Å². The van der Waals surface area contributed by atoms with Crippen molar-refractivity contribution in [3.8, 4) is 0 Å². The molecule has 1 saturated heterocycles. The van der Waals surface area contributed by atoms with E-state index in [4.69, 9.17) is 5.11 Å². The molecule has 0 spiro atoms. The molecule has 0 aromatic carbocycles. The van der Waals surface area contributed by atoms with Gasteiger partial charge in [0.05, 0.1) is 5.41 Å². The summed E-state index contributed by atoms with van der Waals surface area (Å²) in [6, 6.07) is -0.138. The van der Waals surface area contributed by atoms with Gasteiger partial charge in [0.15, 0.2) is 0 Å². The van der Waals surface area contributed by atoms with E-state index in [-0.39, 0.29) is 12.6 Å². The number of urea groups is 1. The number of carbonyl (C=O) groups is 2. The van der Waals surface area contributed by atoms with Gasteiger partial charge in [0.1, 0.15) is 0 Å². The van der Waals surface area contributed by atoms with Crippen molar-refractivity contribution in [2.75, 3.05) is 32.7 Å². The van der Waals surface area contributed by atoms with Crippen LogP contribution in [0.5, 0.6) is 0 Å². The van der Waals surface area contributed by atoms with E-state index in [1.165, 1.54) is 0 Å². The molecule has 3 N–H and O–H groups in total. The van der Waals surface area contributed by atoms with Crippen molar-refractivity contribution >= 4 is 12.0 Å². The zero-order valence-corrected chi connectivity index (χ0v) is 9.87. The summed E-state index contributed by atoms with van der Waals surface area (Å²) in [6.45, 7) is 3.41. The molecule has 6 heteroatoms. The Bertz CT molecular complexity index is 307. The molecule has 17 heavy (non-hydrogen) atoms. The van der Waals surface area contributed by atoms with Crippen LogP contribution in [0.1, 0.15) is 19.3 Å². The first-order chi connectivity index (χ1) is 8.14. The Morgan fingerprint density at radius 3 is 2.71 bits per heavy atom. The molecule has 6 nitrogen and oxygen atoms in total. The minimum atomic E-state index is -0.796. The van der Waals surface area contributed by atoms with Gasteiger partial charge in [0.2, 0.25) is 0 Å². The maximum atomic E-state index is 11.8. The molecular weight excluding hydrogens is 222 g/mol. The Hall–Kier alpha value is -1.30. The van der Waals surface area contributed by atoms with Gasteiger partial charge >= 0.3 is 12.0 Å². The van der Waals surface area contributed by atoms with Crippen LogP contribution in [-0.2, 0) is 4.79 Å². The number of nitrogens with zero attached hydrogens (tertiary/aromatic N) is 1. The Kier molecular flexibility index (Phi) is 3.51. The highest BCUT2D eigenvalue weighted by molar-refractivity contribution is 5.80. The third-order valence-electron chi connectivity index (χ3n) is 3.51. The topological polar surface area (TPSA) is 81.7 Å². The molecule has 2 fully saturated rings. The van der Waals surface area contributed by atoms with E-state index in [0.29, 0.717) is 19.4 Å². The van der Waals surface area contributed by atoms with Crippen molar-refractivity contribution in [3.05, 3.63) is 0 Å². The number of carboxylic acid groups (broad SMARTS) is 1. The Morgan fingerprint density at radius 1 is 1.29 bits per heavy atom. The number of rotatable bonds is 3. The number of hydrogen-bond acceptors (Lipinski definition) is 3. The first-order valence-corrected chi connectivity index (χ1v) is 6.11. The molecule has 96 valence electrons. The molecular formula is C11H19N3O3. The van der Waals surface area contributed by atoms with Crippen molar-refractivity contribution in [2.45, 2.75) is 19.3 Å². The Labute approximate surface area is 100 Å². The van der Waals surface area contributed by atoms with E-state index in [9.17, 15) is 9.59 Å². The molecule has 2 aliphatic rings. The minimum absolute atomic E-state index is 0.138. The summed E-state index contributed by atoms with van der Waals surface area (Å²) < 4.78 is 0. The Balaban J connectivity index is 1.78. The van der Waals surface area contributed by atoms with Crippen LogP contribution >= 0.6 is 0 Å². The van der Waals surface area contributed by atoms with Gasteiger partial charge in [-0.15, -0.1) is 0 Å². The van der Waals surface area contributed by atoms with E-state index in [1.807, 2.05) is 0 Å². The van der Waals surface area contributed by atoms with E-state index >= 15 is 0 Å². The van der Waals surface area contributed by atoms with Crippen LogP contribution in [0.2, 0.25) is 0 Å². The van der Waals surface area contributed by atoms with E-state index in [2.05, 4.69) is 10.6 Å². The van der Waals surface area contributed by atoms with Crippen molar-refractivity contribution in [2.24, 2.45) is 5.41 Å². The molecule has 2 rings (SSSR count). The molecule has 0 radical (unpaired) electrons. The average Bonchev–Trinajstić information content (AvgIpc) is 3.11. The molecule has 1 aliphatic carbocycles. The summed E-state index contributed by atoms with van der Waals surface area (Å²) in [5, 5.41) is 15.0. The first kappa shape index (κ1) is 12.2. The first-order valence-electron chi connectivity index (χ1n) is 6.11. The third kappa shape index (κ3) is 2.88. The predicted molar refractivity (Wildman–Crippen MR) is 61.8 cm³/mol. The summed E-state index contributed by atoms with van der Waals surface area (Å²) in [6.07, 6.45) is 2.28. The molecule has 0 atom stereocenters. The van der Waals surface area contributed by atoms with Gasteiger partial charge in [-0.3, -0.25) is 4.79 Å². The molecule has 1 aliphatic heterocycles. The van der Waals surface area contributed by atoms with Crippen molar-refractivity contribution in [1.29, 1.82) is 0 Å². The number of hydrogen-bond donors (Lipinski definition) is 3. The molecule has 2 amide bonds. The molecule has 0 bridgehead atoms. The SMILES string of the molecule is O=C(NCC1(C(=O)O)CC1)N1CCCNCC1. The van der Waals surface area contributed by atoms with Crippen LogP contribution < -0.4 is 10.6 Å². The lowest BCUT2D eigenvalue weighted by molar-refractivity contribution is -0.143. The summed E-state index contributed by atoms with van der Waals surface area (Å²) in [5.41, 5.74) is -0.681. The van der Waals surface area contributed by atoms with Crippen LogP contribution in [0.15, 0.2) is 0 Å². The second-order valence-electron chi connectivity index (χ2n) is 4.83. The van der Waals surface area contributed by atoms with Gasteiger partial charge in [-0.1, -0.05) is 0 Å². The lowest BCUT2D eigenvalue weighted by atomic mass is 10.1. The maximum absolute atomic E-state index is 11.8. The molecule has 0 unspecified atom stereocenters. The average molecular weight is 241 g/mol. The highest BCUT2D eigenvalue weighted by Gasteiger charge is 2.50. The molecule has 1 saturated carbocycles. The second kappa shape index (κ2) is 4.91. The van der Waals surface area contributed by atoms with E-state index in [0.717, 1.165) is 26.1 Å². The normalized spacial score (nSPS) is 22.7. The van der Waals surface area contributed by atoms with Crippen LogP contribution in [0, 0.1) is 5.41 Å². The van der Waals surface area contributed by atoms with Crippen LogP contribution in [-0.4, -0.2) is 54.7 Å². The fourth-order valence-corrected chi connectivity index (χ4v) is 2.02. The highest BCUT2D eigenvalue weighted by Crippen LogP contribution is 2.45. The van der Waals surface area contributed by atoms with Gasteiger partial charge in [-0.05, 0) is 25.8 Å². The standard InChI is InChI=1S/C11H19N3O3/c15-9(16)11(2-3-11)8-13-10(17)14-6-1-4-12-5-7-14/h12H,1-8H2,(H,13,17)(H,15,16). The molecule has 0 aromatic heterocycles. The fraction of sp³-hybridized carbons (Fsp3) is 0.818. The van der Waals surface area contributed by atoms with Gasteiger partial charge in [0.25, 0.3) is 0 Å². The molecule has 0 aromatic rings. The predicted octanol–water partition coefficient (Wildman–Crippen LogP) is -0.144. The number of carboxylic acids is 1. The lowest BCUT2D eigenvalue weighted by Gasteiger charge is -2.21. The van der Waals surface area contributed by atoms with E-state index in [1.54, 1.807) is 4.90 Å². The van der Waals surface area contributed by atoms with Crippen LogP contribution in [0.3, 0.4) is 0 Å². The Morgan fingerprint density at radius 2 is 2.06 bits per heavy atom. The largest absolute Gasteiger partial charge is 0.481 e. The van der Waals surface area contributed by atoms with Crippen molar-refractivity contribution in [1.82, 2.24) is 15.5 Å². The van der Waals surface area contributed by atoms with Gasteiger partial charge in [-0.2, -0.15) is 0 Å². The van der Waals surface area contributed by atoms with E-state index < -0.39 is 11.4 Å². The lowest BCUT2D eigenvalue weighted by Crippen LogP contribution is -2.44. The zero-order valence-electron chi connectivity index (χ0n) is 9.87. The van der Waals surface area contributed by atoms with Crippen molar-refractivity contribution in [3.63, 3.8) is 0 Å². The minimum Gasteiger partial charge on any atom is -0.481 e. The quantitative estimate of drug-likeness (QED) is 0.642. The zero-order chi connectivity index (χ0) is 12.3. The maximum Gasteiger partial charge on any atom is 0.317 e. The monoisotopic (exact) mass is 241 g/mol. The smallest absolute Gasteiger partial charge is 0.317 e. The summed E-state index contributed by atoms with van der Waals surface area (Å²) in [5.74, 6) is -0.796. The fourth-order valence-electron chi connectivity index (χ4n) is 2.02.